The fourth-order valence-corrected chi connectivity index (χ4v) is 1.75. The molecule has 0 bridgehead atoms. The van der Waals surface area contributed by atoms with E-state index in [4.69, 9.17) is 4.74 Å². The molecule has 6 heteroatoms. The summed E-state index contributed by atoms with van der Waals surface area (Å²) in [5.74, 6) is -0.748. The summed E-state index contributed by atoms with van der Waals surface area (Å²) in [4.78, 5) is 31.2. The number of hydrogen-bond acceptors (Lipinski definition) is 6. The molecular weight excluding hydrogens is 288 g/mol. The highest BCUT2D eigenvalue weighted by molar-refractivity contribution is 5.88. The van der Waals surface area contributed by atoms with Crippen molar-refractivity contribution in [2.45, 2.75) is 46.0 Å². The summed E-state index contributed by atoms with van der Waals surface area (Å²) in [5.41, 5.74) is 1.44. The Balaban J connectivity index is 2.23. The molecule has 0 atom stereocenters. The van der Waals surface area contributed by atoms with Crippen LogP contribution in [0.1, 0.15) is 55.5 Å². The third-order valence-corrected chi connectivity index (χ3v) is 2.91. The second-order valence-corrected chi connectivity index (χ2v) is 4.77. The van der Waals surface area contributed by atoms with Crippen LogP contribution in [-0.2, 0) is 26.0 Å². The van der Waals surface area contributed by atoms with E-state index in [2.05, 4.69) is 21.7 Å². The average molecular weight is 310 g/mol. The minimum atomic E-state index is -1.04. The van der Waals surface area contributed by atoms with Crippen molar-refractivity contribution < 1.29 is 29.1 Å². The molecule has 0 unspecified atom stereocenters. The van der Waals surface area contributed by atoms with E-state index in [0.717, 1.165) is 37.7 Å². The van der Waals surface area contributed by atoms with Gasteiger partial charge in [0, 0.05) is 0 Å². The molecule has 0 aromatic heterocycles. The molecule has 0 saturated carbocycles. The van der Waals surface area contributed by atoms with Gasteiger partial charge in [-0.15, -0.1) is 0 Å². The van der Waals surface area contributed by atoms with Gasteiger partial charge in [0.1, 0.15) is 0 Å². The minimum absolute atomic E-state index is 0.239. The maximum atomic E-state index is 11.6. The quantitative estimate of drug-likeness (QED) is 0.297. The third-order valence-electron chi connectivity index (χ3n) is 2.91. The van der Waals surface area contributed by atoms with Crippen LogP contribution in [0.2, 0.25) is 0 Å². The van der Waals surface area contributed by atoms with Crippen molar-refractivity contribution in [3.8, 4) is 0 Å². The number of unbranched alkanes of at least 4 members (excludes halogenated alkanes) is 2. The zero-order valence-electron chi connectivity index (χ0n) is 13.0. The zero-order chi connectivity index (χ0) is 16.2. The van der Waals surface area contributed by atoms with Crippen LogP contribution in [-0.4, -0.2) is 18.7 Å². The summed E-state index contributed by atoms with van der Waals surface area (Å²) >= 11 is 0. The smallest absolute Gasteiger partial charge is 0.432 e. The zero-order valence-corrected chi connectivity index (χ0v) is 13.0. The second kappa shape index (κ2) is 10.6. The van der Waals surface area contributed by atoms with E-state index < -0.39 is 12.1 Å². The molecule has 0 aliphatic carbocycles. The first-order valence-electron chi connectivity index (χ1n) is 7.48. The van der Waals surface area contributed by atoms with Crippen LogP contribution in [0.3, 0.4) is 0 Å². The Bertz CT molecular complexity index is 454. The van der Waals surface area contributed by atoms with Gasteiger partial charge in [0.05, 0.1) is 17.2 Å². The van der Waals surface area contributed by atoms with Crippen LogP contribution < -0.4 is 0 Å². The van der Waals surface area contributed by atoms with E-state index >= 15 is 0 Å². The van der Waals surface area contributed by atoms with Crippen LogP contribution in [0.15, 0.2) is 24.3 Å². The lowest BCUT2D eigenvalue weighted by atomic mass is 10.1. The fraction of sp³-hybridized carbons (Fsp3) is 0.500. The second-order valence-electron chi connectivity index (χ2n) is 4.77. The van der Waals surface area contributed by atoms with Gasteiger partial charge in [-0.2, -0.15) is 0 Å². The molecule has 0 spiro atoms. The normalized spacial score (nSPS) is 10.1. The van der Waals surface area contributed by atoms with Crippen molar-refractivity contribution in [1.82, 2.24) is 0 Å². The van der Waals surface area contributed by atoms with E-state index in [1.807, 2.05) is 19.1 Å². The minimum Gasteiger partial charge on any atom is -0.432 e. The molecule has 0 fully saturated rings. The van der Waals surface area contributed by atoms with Crippen molar-refractivity contribution >= 4 is 12.1 Å². The topological polar surface area (TPSA) is 71.1 Å². The van der Waals surface area contributed by atoms with E-state index in [1.165, 1.54) is 0 Å². The number of aryl methyl sites for hydroxylation is 1. The largest absolute Gasteiger partial charge is 0.543 e. The average Bonchev–Trinajstić information content (AvgIpc) is 2.52. The Morgan fingerprint density at radius 2 is 1.68 bits per heavy atom. The first kappa shape index (κ1) is 18.0. The molecule has 1 aromatic carbocycles. The molecule has 0 N–H and O–H groups in total. The summed E-state index contributed by atoms with van der Waals surface area (Å²) in [6.07, 6.45) is 3.65. The fourth-order valence-electron chi connectivity index (χ4n) is 1.75. The molecule has 0 saturated heterocycles. The lowest BCUT2D eigenvalue weighted by molar-refractivity contribution is -0.452. The van der Waals surface area contributed by atoms with Crippen molar-refractivity contribution in [2.24, 2.45) is 0 Å². The molecule has 0 amide bonds. The van der Waals surface area contributed by atoms with E-state index in [0.29, 0.717) is 5.56 Å². The van der Waals surface area contributed by atoms with Gasteiger partial charge < -0.3 is 4.74 Å². The number of benzene rings is 1. The summed E-state index contributed by atoms with van der Waals surface area (Å²) in [7, 11) is 0. The van der Waals surface area contributed by atoms with E-state index in [-0.39, 0.29) is 6.61 Å². The number of carbonyl (C=O) groups is 2. The highest BCUT2D eigenvalue weighted by Gasteiger charge is 2.11. The maximum Gasteiger partial charge on any atom is 0.543 e. The van der Waals surface area contributed by atoms with Crippen molar-refractivity contribution in [3.63, 3.8) is 0 Å². The lowest BCUT2D eigenvalue weighted by Gasteiger charge is -2.04. The molecule has 6 nitrogen and oxygen atoms in total. The van der Waals surface area contributed by atoms with Crippen LogP contribution in [0.4, 0.5) is 4.79 Å². The molecular formula is C16H22O6. The predicted molar refractivity (Wildman–Crippen MR) is 78.9 cm³/mol. The Kier molecular flexibility index (Phi) is 8.67. The Morgan fingerprint density at radius 3 is 2.32 bits per heavy atom. The predicted octanol–water partition coefficient (Wildman–Crippen LogP) is 3.99. The molecule has 22 heavy (non-hydrogen) atoms. The van der Waals surface area contributed by atoms with Gasteiger partial charge in [0.15, 0.2) is 0 Å². The van der Waals surface area contributed by atoms with Gasteiger partial charge in [-0.25, -0.2) is 14.5 Å². The van der Waals surface area contributed by atoms with Crippen molar-refractivity contribution in [2.75, 3.05) is 6.61 Å². The molecule has 1 aromatic rings. The molecule has 1 rings (SSSR count). The molecule has 0 radical (unpaired) electrons. The van der Waals surface area contributed by atoms with Gasteiger partial charge in [-0.3, -0.25) is 4.89 Å². The first-order valence-corrected chi connectivity index (χ1v) is 7.48. The van der Waals surface area contributed by atoms with Crippen LogP contribution in [0.25, 0.3) is 0 Å². The van der Waals surface area contributed by atoms with E-state index in [9.17, 15) is 9.59 Å². The third kappa shape index (κ3) is 7.08. The van der Waals surface area contributed by atoms with Gasteiger partial charge in [0.25, 0.3) is 0 Å². The van der Waals surface area contributed by atoms with Gasteiger partial charge in [-0.1, -0.05) is 45.2 Å². The van der Waals surface area contributed by atoms with Crippen LogP contribution in [0, 0.1) is 0 Å². The lowest BCUT2D eigenvalue weighted by Crippen LogP contribution is -2.12. The number of carbonyl (C=O) groups excluding carboxylic acids is 2. The molecule has 0 aliphatic rings. The van der Waals surface area contributed by atoms with Crippen LogP contribution in [0.5, 0.6) is 0 Å². The van der Waals surface area contributed by atoms with Gasteiger partial charge in [-0.05, 0) is 30.5 Å². The number of rotatable bonds is 9. The van der Waals surface area contributed by atoms with Crippen molar-refractivity contribution in [1.29, 1.82) is 0 Å². The van der Waals surface area contributed by atoms with Crippen LogP contribution >= 0.6 is 0 Å². The summed E-state index contributed by atoms with van der Waals surface area (Å²) in [5, 5.41) is 4.12. The Labute approximate surface area is 130 Å². The maximum absolute atomic E-state index is 11.6. The number of ether oxygens (including phenoxy) is 1. The highest BCUT2D eigenvalue weighted by Crippen LogP contribution is 2.08. The summed E-state index contributed by atoms with van der Waals surface area (Å²) in [6, 6.07) is 6.92. The summed E-state index contributed by atoms with van der Waals surface area (Å²) in [6.45, 7) is 4.35. The Morgan fingerprint density at radius 1 is 0.955 bits per heavy atom. The van der Waals surface area contributed by atoms with E-state index in [1.54, 1.807) is 12.1 Å². The molecule has 0 aliphatic heterocycles. The first-order chi connectivity index (χ1) is 10.7. The van der Waals surface area contributed by atoms with Gasteiger partial charge in [0.2, 0.25) is 0 Å². The highest BCUT2D eigenvalue weighted by atomic mass is 17.5. The van der Waals surface area contributed by atoms with Crippen molar-refractivity contribution in [3.05, 3.63) is 35.4 Å². The molecule has 122 valence electrons. The Hall–Kier alpha value is -2.08. The summed E-state index contributed by atoms with van der Waals surface area (Å²) < 4.78 is 4.70. The SMILES string of the molecule is CCCCCOC(=O)OOOC(=O)c1ccc(CCC)cc1. The number of hydrogen-bond donors (Lipinski definition) is 0. The monoisotopic (exact) mass is 310 g/mol. The standard InChI is InChI=1S/C16H22O6/c1-3-5-6-12-19-16(18)21-22-20-15(17)14-10-8-13(7-4-2)9-11-14/h8-11H,3-7,12H2,1-2H3. The molecule has 0 heterocycles. The van der Waals surface area contributed by atoms with Gasteiger partial charge >= 0.3 is 12.1 Å².